The van der Waals surface area contributed by atoms with E-state index in [0.29, 0.717) is 12.0 Å². The Labute approximate surface area is 246 Å². The van der Waals surface area contributed by atoms with Gasteiger partial charge in [-0.25, -0.2) is 0 Å². The molecule has 1 N–H and O–H groups in total. The van der Waals surface area contributed by atoms with Crippen molar-refractivity contribution in [1.29, 1.82) is 0 Å². The molecular formula is C36H38F2O4. The van der Waals surface area contributed by atoms with Crippen LogP contribution >= 0.6 is 0 Å². The van der Waals surface area contributed by atoms with Gasteiger partial charge in [-0.15, -0.1) is 0 Å². The molecular weight excluding hydrogens is 534 g/mol. The summed E-state index contributed by atoms with van der Waals surface area (Å²) >= 11 is 0. The van der Waals surface area contributed by atoms with E-state index in [9.17, 15) is 5.11 Å². The minimum absolute atomic E-state index is 0.00757. The zero-order valence-corrected chi connectivity index (χ0v) is 24.0. The molecule has 1 saturated heterocycles. The van der Waals surface area contributed by atoms with Crippen molar-refractivity contribution in [2.45, 2.75) is 69.9 Å². The van der Waals surface area contributed by atoms with Crippen molar-refractivity contribution >= 4 is 0 Å². The summed E-state index contributed by atoms with van der Waals surface area (Å²) in [7, 11) is 0. The van der Waals surface area contributed by atoms with Gasteiger partial charge in [0.2, 0.25) is 0 Å². The first-order valence-electron chi connectivity index (χ1n) is 14.5. The van der Waals surface area contributed by atoms with Gasteiger partial charge in [0.05, 0.1) is 25.4 Å². The van der Waals surface area contributed by atoms with Crippen LogP contribution in [0.15, 0.2) is 115 Å². The van der Waals surface area contributed by atoms with Crippen LogP contribution < -0.4 is 0 Å². The highest BCUT2D eigenvalue weighted by atomic mass is 19.3. The van der Waals surface area contributed by atoms with Crippen LogP contribution in [0, 0.1) is 5.92 Å². The van der Waals surface area contributed by atoms with Crippen LogP contribution in [0.3, 0.4) is 0 Å². The molecule has 6 heteroatoms. The zero-order valence-electron chi connectivity index (χ0n) is 24.0. The summed E-state index contributed by atoms with van der Waals surface area (Å²) in [5, 5.41) is 12.2. The minimum Gasteiger partial charge on any atom is -0.370 e. The van der Waals surface area contributed by atoms with Gasteiger partial charge in [-0.05, 0) is 35.1 Å². The van der Waals surface area contributed by atoms with E-state index in [0.717, 1.165) is 16.7 Å². The summed E-state index contributed by atoms with van der Waals surface area (Å²) in [5.74, 6) is -7.15. The lowest BCUT2D eigenvalue weighted by Gasteiger charge is -2.52. The van der Waals surface area contributed by atoms with Gasteiger partial charge in [-0.2, -0.15) is 8.78 Å². The van der Waals surface area contributed by atoms with Gasteiger partial charge in [0.25, 0.3) is 5.79 Å². The fraction of sp³-hybridized carbons (Fsp3) is 0.333. The molecule has 4 aromatic rings. The van der Waals surface area contributed by atoms with E-state index in [1.165, 1.54) is 6.07 Å². The fourth-order valence-corrected chi connectivity index (χ4v) is 5.79. The summed E-state index contributed by atoms with van der Waals surface area (Å²) in [5.41, 5.74) is 2.68. The lowest BCUT2D eigenvalue weighted by Crippen LogP contribution is -2.69. The summed E-state index contributed by atoms with van der Waals surface area (Å²) in [6.07, 6.45) is -2.34. The highest BCUT2D eigenvalue weighted by Crippen LogP contribution is 2.50. The Bertz CT molecular complexity index is 1400. The van der Waals surface area contributed by atoms with Crippen molar-refractivity contribution in [2.75, 3.05) is 0 Å². The number of hydrogen-bond acceptors (Lipinski definition) is 4. The van der Waals surface area contributed by atoms with Gasteiger partial charge in [0, 0.05) is 11.5 Å². The Hall–Kier alpha value is -3.42. The third-order valence-electron chi connectivity index (χ3n) is 8.12. The van der Waals surface area contributed by atoms with Crippen LogP contribution in [0.4, 0.5) is 8.78 Å². The molecule has 1 aliphatic heterocycles. The van der Waals surface area contributed by atoms with Crippen molar-refractivity contribution < 1.29 is 28.1 Å². The molecule has 1 heterocycles. The molecule has 5 rings (SSSR count). The third kappa shape index (κ3) is 6.32. The summed E-state index contributed by atoms with van der Waals surface area (Å²) in [6, 6.07) is 34.6. The number of benzene rings is 4. The second kappa shape index (κ2) is 13.3. The van der Waals surface area contributed by atoms with Gasteiger partial charge >= 0.3 is 5.92 Å². The molecule has 0 amide bonds. The first-order valence-corrected chi connectivity index (χ1v) is 14.5. The predicted octanol–water partition coefficient (Wildman–Crippen LogP) is 7.67. The number of alkyl halides is 2. The molecule has 42 heavy (non-hydrogen) atoms. The van der Waals surface area contributed by atoms with Crippen LogP contribution in [0.2, 0.25) is 0 Å². The van der Waals surface area contributed by atoms with Crippen molar-refractivity contribution in [3.05, 3.63) is 143 Å². The lowest BCUT2D eigenvalue weighted by atomic mass is 9.80. The Balaban J connectivity index is 1.55. The lowest BCUT2D eigenvalue weighted by molar-refractivity contribution is -0.419. The molecule has 5 atom stereocenters. The first-order chi connectivity index (χ1) is 20.3. The van der Waals surface area contributed by atoms with Gasteiger partial charge in [-0.1, -0.05) is 129 Å². The molecule has 0 radical (unpaired) electrons. The standard InChI is InChI=1S/C36H38F2O4/c1-3-32-26(2)33(40-24-28-17-9-5-10-18-28)34(41-25-29-19-11-6-12-20-29)36(39,42-32)35(37,38)31-22-14-13-21-30(31)23-27-15-7-4-8-16-27/h4-22,26,32-34,39H,3,23-25H2,1-2H3/t26-,32-,33+,34-,36-/m1/s1. The van der Waals surface area contributed by atoms with Crippen LogP contribution in [0.1, 0.15) is 48.1 Å². The maximum Gasteiger partial charge on any atom is 0.328 e. The normalized spacial score (nSPS) is 24.4. The van der Waals surface area contributed by atoms with Crippen LogP contribution in [-0.4, -0.2) is 29.2 Å². The van der Waals surface area contributed by atoms with Gasteiger partial charge in [0.1, 0.15) is 6.10 Å². The Morgan fingerprint density at radius 1 is 0.738 bits per heavy atom. The predicted molar refractivity (Wildman–Crippen MR) is 159 cm³/mol. The van der Waals surface area contributed by atoms with E-state index in [-0.39, 0.29) is 31.1 Å². The van der Waals surface area contributed by atoms with Crippen LogP contribution in [-0.2, 0) is 39.8 Å². The summed E-state index contributed by atoms with van der Waals surface area (Å²) in [6.45, 7) is 3.96. The van der Waals surface area contributed by atoms with Gasteiger partial charge < -0.3 is 19.3 Å². The van der Waals surface area contributed by atoms with E-state index in [1.807, 2.05) is 105 Å². The maximum atomic E-state index is 17.0. The topological polar surface area (TPSA) is 47.9 Å². The van der Waals surface area contributed by atoms with Crippen LogP contribution in [0.25, 0.3) is 0 Å². The summed E-state index contributed by atoms with van der Waals surface area (Å²) in [4.78, 5) is 0. The average molecular weight is 573 g/mol. The first kappa shape index (κ1) is 30.1. The average Bonchev–Trinajstić information content (AvgIpc) is 3.02. The molecule has 220 valence electrons. The molecule has 0 aliphatic carbocycles. The van der Waals surface area contributed by atoms with E-state index in [4.69, 9.17) is 14.2 Å². The molecule has 1 fully saturated rings. The van der Waals surface area contributed by atoms with E-state index in [1.54, 1.807) is 18.2 Å². The minimum atomic E-state index is -3.83. The van der Waals surface area contributed by atoms with Crippen molar-refractivity contribution in [3.8, 4) is 0 Å². The fourth-order valence-electron chi connectivity index (χ4n) is 5.79. The number of halogens is 2. The molecule has 1 aliphatic rings. The second-order valence-electron chi connectivity index (χ2n) is 11.0. The van der Waals surface area contributed by atoms with Crippen molar-refractivity contribution in [2.24, 2.45) is 5.92 Å². The smallest absolute Gasteiger partial charge is 0.328 e. The molecule has 4 nitrogen and oxygen atoms in total. The maximum absolute atomic E-state index is 17.0. The van der Waals surface area contributed by atoms with Crippen LogP contribution in [0.5, 0.6) is 0 Å². The molecule has 4 aromatic carbocycles. The SMILES string of the molecule is CC[C@H]1O[C@@](O)(C(F)(F)c2ccccc2Cc2ccccc2)[C@H](OCc2ccccc2)[C@@H](OCc2ccccc2)[C@@H]1C. The number of aliphatic hydroxyl groups is 1. The van der Waals surface area contributed by atoms with Gasteiger partial charge in [0.15, 0.2) is 0 Å². The highest BCUT2D eigenvalue weighted by Gasteiger charge is 2.67. The number of hydrogen-bond donors (Lipinski definition) is 1. The third-order valence-corrected chi connectivity index (χ3v) is 8.12. The second-order valence-corrected chi connectivity index (χ2v) is 11.0. The van der Waals surface area contributed by atoms with E-state index >= 15 is 8.78 Å². The largest absolute Gasteiger partial charge is 0.370 e. The monoisotopic (exact) mass is 572 g/mol. The molecule has 0 saturated carbocycles. The number of ether oxygens (including phenoxy) is 3. The Morgan fingerprint density at radius 3 is 1.81 bits per heavy atom. The molecule has 0 bridgehead atoms. The molecule has 0 unspecified atom stereocenters. The van der Waals surface area contributed by atoms with Gasteiger partial charge in [-0.3, -0.25) is 0 Å². The highest BCUT2D eigenvalue weighted by molar-refractivity contribution is 5.37. The van der Waals surface area contributed by atoms with E-state index in [2.05, 4.69) is 0 Å². The summed E-state index contributed by atoms with van der Waals surface area (Å²) < 4.78 is 52.7. The molecule has 0 spiro atoms. The molecule has 0 aromatic heterocycles. The van der Waals surface area contributed by atoms with Crippen molar-refractivity contribution in [1.82, 2.24) is 0 Å². The Morgan fingerprint density at radius 2 is 1.24 bits per heavy atom. The van der Waals surface area contributed by atoms with Crippen molar-refractivity contribution in [3.63, 3.8) is 0 Å². The quantitative estimate of drug-likeness (QED) is 0.200. The number of rotatable bonds is 11. The van der Waals surface area contributed by atoms with E-state index < -0.39 is 30.0 Å². The zero-order chi connectivity index (χ0) is 29.6. The Kier molecular flexibility index (Phi) is 9.49.